The van der Waals surface area contributed by atoms with Crippen LogP contribution in [0.25, 0.3) is 0 Å². The third-order valence-corrected chi connectivity index (χ3v) is 5.92. The van der Waals surface area contributed by atoms with Crippen LogP contribution in [-0.2, 0) is 9.84 Å². The zero-order valence-corrected chi connectivity index (χ0v) is 13.0. The van der Waals surface area contributed by atoms with E-state index in [1.54, 1.807) is 0 Å². The lowest BCUT2D eigenvalue weighted by molar-refractivity contribution is 0.100. The Morgan fingerprint density at radius 2 is 2.14 bits per heavy atom. The van der Waals surface area contributed by atoms with Crippen molar-refractivity contribution in [3.63, 3.8) is 0 Å². The van der Waals surface area contributed by atoms with Gasteiger partial charge in [-0.25, -0.2) is 12.8 Å². The van der Waals surface area contributed by atoms with Gasteiger partial charge in [0.2, 0.25) is 0 Å². The zero-order valence-electron chi connectivity index (χ0n) is 11.4. The molecule has 1 atom stereocenters. The maximum atomic E-state index is 14.2. The summed E-state index contributed by atoms with van der Waals surface area (Å²) in [6.45, 7) is 0.363. The second-order valence-electron chi connectivity index (χ2n) is 4.81. The van der Waals surface area contributed by atoms with E-state index in [9.17, 15) is 17.6 Å². The van der Waals surface area contributed by atoms with Crippen molar-refractivity contribution in [3.05, 3.63) is 23.5 Å². The van der Waals surface area contributed by atoms with Crippen LogP contribution in [0.5, 0.6) is 0 Å². The van der Waals surface area contributed by atoms with Crippen molar-refractivity contribution in [2.75, 3.05) is 34.9 Å². The summed E-state index contributed by atoms with van der Waals surface area (Å²) in [5.41, 5.74) is 10.7. The maximum Gasteiger partial charge on any atom is 0.250 e. The Morgan fingerprint density at radius 3 is 2.71 bits per heavy atom. The van der Waals surface area contributed by atoms with E-state index in [-0.39, 0.29) is 16.9 Å². The van der Waals surface area contributed by atoms with Crippen LogP contribution in [0.15, 0.2) is 12.1 Å². The van der Waals surface area contributed by atoms with Gasteiger partial charge in [0.05, 0.1) is 11.3 Å². The van der Waals surface area contributed by atoms with Gasteiger partial charge in [-0.3, -0.25) is 4.79 Å². The van der Waals surface area contributed by atoms with Gasteiger partial charge >= 0.3 is 0 Å². The number of thioether (sulfide) groups is 1. The quantitative estimate of drug-likeness (QED) is 0.777. The molecule has 2 rings (SSSR count). The van der Waals surface area contributed by atoms with E-state index in [1.165, 1.54) is 22.7 Å². The van der Waals surface area contributed by atoms with E-state index in [0.717, 1.165) is 12.3 Å². The summed E-state index contributed by atoms with van der Waals surface area (Å²) >= 11 is 1.49. The molecule has 1 fully saturated rings. The number of halogens is 1. The Labute approximate surface area is 126 Å². The minimum absolute atomic E-state index is 0.0168. The van der Waals surface area contributed by atoms with Gasteiger partial charge in [-0.2, -0.15) is 11.8 Å². The van der Waals surface area contributed by atoms with Crippen molar-refractivity contribution in [2.45, 2.75) is 5.37 Å². The maximum absolute atomic E-state index is 14.2. The van der Waals surface area contributed by atoms with Crippen LogP contribution in [0.1, 0.15) is 10.4 Å². The summed E-state index contributed by atoms with van der Waals surface area (Å²) in [6, 6.07) is 2.22. The third kappa shape index (κ3) is 3.24. The number of hydrogen-bond donors (Lipinski definition) is 2. The highest BCUT2D eigenvalue weighted by atomic mass is 32.2. The number of primary amides is 1. The number of rotatable bonds is 3. The molecule has 6 nitrogen and oxygen atoms in total. The summed E-state index contributed by atoms with van der Waals surface area (Å²) in [6.07, 6.45) is 1.11. The van der Waals surface area contributed by atoms with Crippen molar-refractivity contribution in [1.82, 2.24) is 0 Å². The molecule has 0 aromatic heterocycles. The molecule has 4 N–H and O–H groups in total. The van der Waals surface area contributed by atoms with Crippen molar-refractivity contribution in [3.8, 4) is 0 Å². The second-order valence-corrected chi connectivity index (χ2v) is 8.16. The summed E-state index contributed by atoms with van der Waals surface area (Å²) in [5.74, 6) is -0.440. The van der Waals surface area contributed by atoms with Crippen LogP contribution in [-0.4, -0.2) is 44.0 Å². The van der Waals surface area contributed by atoms with Crippen molar-refractivity contribution in [2.24, 2.45) is 5.73 Å². The zero-order chi connectivity index (χ0) is 15.8. The first kappa shape index (κ1) is 15.9. The van der Waals surface area contributed by atoms with Crippen LogP contribution in [0.4, 0.5) is 15.8 Å². The number of sulfone groups is 1. The first-order valence-electron chi connectivity index (χ1n) is 6.14. The number of carbonyl (C=O) groups is 1. The summed E-state index contributed by atoms with van der Waals surface area (Å²) in [5, 5.41) is -0.838. The van der Waals surface area contributed by atoms with E-state index in [4.69, 9.17) is 11.5 Å². The van der Waals surface area contributed by atoms with Gasteiger partial charge in [0.1, 0.15) is 11.2 Å². The van der Waals surface area contributed by atoms with Gasteiger partial charge in [-0.15, -0.1) is 0 Å². The second kappa shape index (κ2) is 5.72. The van der Waals surface area contributed by atoms with Gasteiger partial charge < -0.3 is 16.4 Å². The molecule has 0 saturated carbocycles. The molecule has 1 amide bonds. The summed E-state index contributed by atoms with van der Waals surface area (Å²) in [7, 11) is -3.39. The number of carbonyl (C=O) groups excluding carboxylic acids is 1. The molecule has 0 spiro atoms. The van der Waals surface area contributed by atoms with Gasteiger partial charge in [-0.1, -0.05) is 0 Å². The number of nitrogens with zero attached hydrogens (tertiary/aromatic N) is 1. The highest BCUT2D eigenvalue weighted by Crippen LogP contribution is 2.31. The molecule has 0 aliphatic carbocycles. The molecule has 1 aliphatic heterocycles. The van der Waals surface area contributed by atoms with E-state index < -0.39 is 26.9 Å². The standard InChI is InChI=1S/C12H16FN3O3S2/c1-21(18,19)11-6-20-3-2-16(11)10-4-7(12(15)17)9(14)5-8(10)13/h4-5,11H,2-3,6,14H2,1H3,(H2,15,17). The molecular weight excluding hydrogens is 317 g/mol. The number of benzene rings is 1. The molecule has 116 valence electrons. The molecule has 1 aromatic carbocycles. The number of hydrogen-bond acceptors (Lipinski definition) is 6. The largest absolute Gasteiger partial charge is 0.398 e. The highest BCUT2D eigenvalue weighted by molar-refractivity contribution is 8.01. The molecule has 0 bridgehead atoms. The predicted molar refractivity (Wildman–Crippen MR) is 82.6 cm³/mol. The number of nitrogens with two attached hydrogens (primary N) is 2. The Kier molecular flexibility index (Phi) is 4.33. The summed E-state index contributed by atoms with van der Waals surface area (Å²) < 4.78 is 37.9. The van der Waals surface area contributed by atoms with Crippen molar-refractivity contribution in [1.29, 1.82) is 0 Å². The molecule has 9 heteroatoms. The lowest BCUT2D eigenvalue weighted by Crippen LogP contribution is -2.47. The average molecular weight is 333 g/mol. The smallest absolute Gasteiger partial charge is 0.250 e. The fourth-order valence-electron chi connectivity index (χ4n) is 2.22. The monoisotopic (exact) mass is 333 g/mol. The minimum Gasteiger partial charge on any atom is -0.398 e. The Morgan fingerprint density at radius 1 is 1.48 bits per heavy atom. The molecule has 1 aromatic rings. The number of amides is 1. The summed E-state index contributed by atoms with van der Waals surface area (Å²) in [4.78, 5) is 12.8. The first-order valence-corrected chi connectivity index (χ1v) is 9.25. The number of nitrogen functional groups attached to an aromatic ring is 1. The molecule has 1 unspecified atom stereocenters. The van der Waals surface area contributed by atoms with Crippen LogP contribution < -0.4 is 16.4 Å². The Balaban J connectivity index is 2.53. The number of anilines is 2. The van der Waals surface area contributed by atoms with Crippen LogP contribution in [0.3, 0.4) is 0 Å². The van der Waals surface area contributed by atoms with Gasteiger partial charge in [-0.05, 0) is 12.1 Å². The van der Waals surface area contributed by atoms with Crippen LogP contribution >= 0.6 is 11.8 Å². The minimum atomic E-state index is -3.39. The van der Waals surface area contributed by atoms with Gasteiger partial charge in [0, 0.05) is 30.0 Å². The lowest BCUT2D eigenvalue weighted by atomic mass is 10.1. The Hall–Kier alpha value is -1.48. The average Bonchev–Trinajstić information content (AvgIpc) is 2.37. The van der Waals surface area contributed by atoms with Crippen molar-refractivity contribution >= 4 is 38.9 Å². The first-order chi connectivity index (χ1) is 9.71. The van der Waals surface area contributed by atoms with E-state index in [1.807, 2.05) is 0 Å². The predicted octanol–water partition coefficient (Wildman–Crippen LogP) is 0.431. The molecule has 0 radical (unpaired) electrons. The van der Waals surface area contributed by atoms with Crippen LogP contribution in [0, 0.1) is 5.82 Å². The lowest BCUT2D eigenvalue weighted by Gasteiger charge is -2.36. The molecule has 21 heavy (non-hydrogen) atoms. The van der Waals surface area contributed by atoms with Crippen LogP contribution in [0.2, 0.25) is 0 Å². The molecule has 1 heterocycles. The highest BCUT2D eigenvalue weighted by Gasteiger charge is 2.33. The third-order valence-electron chi connectivity index (χ3n) is 3.27. The fourth-order valence-corrected chi connectivity index (χ4v) is 5.05. The van der Waals surface area contributed by atoms with Crippen molar-refractivity contribution < 1.29 is 17.6 Å². The molecule has 1 saturated heterocycles. The fraction of sp³-hybridized carbons (Fsp3) is 0.417. The molecular formula is C12H16FN3O3S2. The van der Waals surface area contributed by atoms with E-state index >= 15 is 0 Å². The normalized spacial score (nSPS) is 19.5. The van der Waals surface area contributed by atoms with Gasteiger partial charge in [0.25, 0.3) is 5.91 Å². The van der Waals surface area contributed by atoms with E-state index in [0.29, 0.717) is 18.1 Å². The molecule has 1 aliphatic rings. The topological polar surface area (TPSA) is 106 Å². The SMILES string of the molecule is CS(=O)(=O)C1CSCCN1c1cc(C(N)=O)c(N)cc1F. The van der Waals surface area contributed by atoms with E-state index in [2.05, 4.69) is 0 Å². The Bertz CT molecular complexity index is 679. The van der Waals surface area contributed by atoms with Gasteiger partial charge in [0.15, 0.2) is 9.84 Å².